The first-order valence-electron chi connectivity index (χ1n) is 1.41. The molecule has 0 atom stereocenters. The zero-order valence-corrected chi connectivity index (χ0v) is 8.02. The first-order valence-corrected chi connectivity index (χ1v) is 1.41. The van der Waals surface area contributed by atoms with Gasteiger partial charge in [0, 0.05) is 0 Å². The molecule has 0 aromatic heterocycles. The van der Waals surface area contributed by atoms with Crippen LogP contribution in [0.2, 0.25) is 0 Å². The monoisotopic (exact) mass is 186 g/mol. The molecule has 0 unspecified atom stereocenters. The summed E-state index contributed by atoms with van der Waals surface area (Å²) in [5, 5.41) is 50.5. The molecule has 6 nitrogen and oxygen atoms in total. The zero-order valence-electron chi connectivity index (χ0n) is 4.81. The number of rotatable bonds is 0. The van der Waals surface area contributed by atoms with Gasteiger partial charge in [0.25, 0.3) is 0 Å². The van der Waals surface area contributed by atoms with E-state index in [1.54, 1.807) is 0 Å². The third kappa shape index (κ3) is 351. The first-order chi connectivity index (χ1) is 3.46. The molecule has 0 spiro atoms. The van der Waals surface area contributed by atoms with E-state index in [1.165, 1.54) is 0 Å². The molecule has 0 aromatic carbocycles. The molecule has 0 aliphatic rings. The van der Waals surface area contributed by atoms with Crippen LogP contribution in [0.1, 0.15) is 0 Å². The molecular weight excluding hydrogens is 186 g/mol. The van der Waals surface area contributed by atoms with Gasteiger partial charge in [-0.3, -0.25) is 14.6 Å². The molecule has 48 valence electrons. The molecule has 0 amide bonds. The predicted molar refractivity (Wildman–Crippen MR) is 23.0 cm³/mol. The maximum Gasteiger partial charge on any atom is 4.00 e. The van der Waals surface area contributed by atoms with E-state index in [2.05, 4.69) is 0 Å². The Kier molecular flexibility index (Phi) is 37.7. The van der Waals surface area contributed by atoms with Crippen molar-refractivity contribution in [3.8, 4) is 0 Å². The summed E-state index contributed by atoms with van der Waals surface area (Å²) in [5.41, 5.74) is 0. The summed E-state index contributed by atoms with van der Waals surface area (Å²) in [4.78, 5) is 0. The van der Waals surface area contributed by atoms with Gasteiger partial charge in [-0.15, -0.1) is 0 Å². The third-order valence-electron chi connectivity index (χ3n) is 0. The fourth-order valence-electron chi connectivity index (χ4n) is 0. The molecule has 0 fully saturated rings. The molecule has 0 aliphatic heterocycles. The molecule has 0 saturated carbocycles. The smallest absolute Gasteiger partial charge is 0.907 e. The molecule has 10 heteroatoms. The summed E-state index contributed by atoms with van der Waals surface area (Å²) in [6, 6.07) is 0. The van der Waals surface area contributed by atoms with Crippen LogP contribution in [0, 0.1) is 0 Å². The van der Waals surface area contributed by atoms with Gasteiger partial charge in [-0.05, 0) is 0 Å². The molecular formula is B2CaO6Si. The van der Waals surface area contributed by atoms with Gasteiger partial charge in [-0.25, -0.2) is 0 Å². The van der Waals surface area contributed by atoms with Crippen LogP contribution in [0.4, 0.5) is 0 Å². The summed E-state index contributed by atoms with van der Waals surface area (Å²) in [6.07, 6.45) is 0. The van der Waals surface area contributed by atoms with E-state index in [0.717, 1.165) is 0 Å². The second kappa shape index (κ2) is 16.8. The van der Waals surface area contributed by atoms with Crippen LogP contribution in [-0.4, -0.2) is 63.3 Å². The van der Waals surface area contributed by atoms with E-state index in [1.807, 2.05) is 0 Å². The van der Waals surface area contributed by atoms with Crippen LogP contribution in [0.15, 0.2) is 0 Å². The Morgan fingerprint density at radius 1 is 0.600 bits per heavy atom. The third-order valence-corrected chi connectivity index (χ3v) is 0. The van der Waals surface area contributed by atoms with Crippen LogP contribution < -0.4 is 30.1 Å². The molecule has 0 radical (unpaired) electrons. The van der Waals surface area contributed by atoms with Crippen LogP contribution in [-0.2, 0) is 0 Å². The van der Waals surface area contributed by atoms with Crippen molar-refractivity contribution < 1.29 is 30.1 Å². The molecule has 0 bridgehead atoms. The topological polar surface area (TPSA) is 138 Å². The van der Waals surface area contributed by atoms with Crippen molar-refractivity contribution in [1.82, 2.24) is 0 Å². The molecule has 0 rings (SSSR count). The van der Waals surface area contributed by atoms with Crippen LogP contribution in [0.5, 0.6) is 0 Å². The van der Waals surface area contributed by atoms with E-state index in [-0.39, 0.29) is 48.7 Å². The Labute approximate surface area is 92.9 Å². The number of hydrogen-bond acceptors (Lipinski definition) is 6. The Morgan fingerprint density at radius 3 is 0.600 bits per heavy atom. The minimum absolute atomic E-state index is 0. The maximum absolute atomic E-state index is 8.42. The van der Waals surface area contributed by atoms with Crippen molar-refractivity contribution >= 4 is 63.3 Å². The number of hydrogen-bond donors (Lipinski definition) is 0. The van der Waals surface area contributed by atoms with Gasteiger partial charge in [0.05, 0.1) is 0 Å². The van der Waals surface area contributed by atoms with E-state index < -0.39 is 14.6 Å². The van der Waals surface area contributed by atoms with Crippen molar-refractivity contribution in [2.24, 2.45) is 0 Å². The molecule has 0 aliphatic carbocycles. The molecule has 0 aromatic rings. The normalized spacial score (nSPS) is 5.40. The molecule has 0 N–H and O–H groups in total. The van der Waals surface area contributed by atoms with E-state index in [0.29, 0.717) is 0 Å². The van der Waals surface area contributed by atoms with Crippen molar-refractivity contribution in [2.75, 3.05) is 0 Å². The SMILES string of the molecule is [Ca+2].[O-]B([O-])[O-].[O-]B([O-])[O-].[Si+4]. The fraction of sp³-hybridized carbons (Fsp3) is 0. The molecule has 0 saturated heterocycles. The van der Waals surface area contributed by atoms with Gasteiger partial charge in [0.15, 0.2) is 0 Å². The van der Waals surface area contributed by atoms with Gasteiger partial charge in [-0.2, -0.15) is 0 Å². The van der Waals surface area contributed by atoms with E-state index in [4.69, 9.17) is 30.1 Å². The Balaban J connectivity index is -0.0000000300. The molecule has 0 heterocycles. The minimum atomic E-state index is -2.92. The average molecular weight is 186 g/mol. The van der Waals surface area contributed by atoms with Gasteiger partial charge >= 0.3 is 48.7 Å². The first kappa shape index (κ1) is 22.5. The second-order valence-electron chi connectivity index (χ2n) is 0.577. The zero-order chi connectivity index (χ0) is 7.15. The van der Waals surface area contributed by atoms with Gasteiger partial charge in [0.1, 0.15) is 0 Å². The average Bonchev–Trinajstić information content (AvgIpc) is 1.25. The van der Waals surface area contributed by atoms with Gasteiger partial charge in [0.2, 0.25) is 0 Å². The van der Waals surface area contributed by atoms with Crippen LogP contribution in [0.3, 0.4) is 0 Å². The maximum atomic E-state index is 8.42. The second-order valence-corrected chi connectivity index (χ2v) is 0.577. The quantitative estimate of drug-likeness (QED) is 0.344. The van der Waals surface area contributed by atoms with Crippen molar-refractivity contribution in [3.63, 3.8) is 0 Å². The van der Waals surface area contributed by atoms with Crippen LogP contribution in [0.25, 0.3) is 0 Å². The minimum Gasteiger partial charge on any atom is -0.907 e. The van der Waals surface area contributed by atoms with Crippen LogP contribution >= 0.6 is 0 Å². The summed E-state index contributed by atoms with van der Waals surface area (Å²) in [5.74, 6) is 0. The predicted octanol–water partition coefficient (Wildman–Crippen LogP) is -8.66. The Hall–Kier alpha value is 1.37. The Bertz CT molecular complexity index is 31.2. The Morgan fingerprint density at radius 2 is 0.600 bits per heavy atom. The van der Waals surface area contributed by atoms with Gasteiger partial charge in [-0.1, -0.05) is 0 Å². The van der Waals surface area contributed by atoms with E-state index in [9.17, 15) is 0 Å². The summed E-state index contributed by atoms with van der Waals surface area (Å²) < 4.78 is 0. The summed E-state index contributed by atoms with van der Waals surface area (Å²) >= 11 is 0. The fourth-order valence-corrected chi connectivity index (χ4v) is 0. The summed E-state index contributed by atoms with van der Waals surface area (Å²) in [6.45, 7) is 0. The van der Waals surface area contributed by atoms with Crippen molar-refractivity contribution in [1.29, 1.82) is 0 Å². The summed E-state index contributed by atoms with van der Waals surface area (Å²) in [7, 11) is -5.83. The van der Waals surface area contributed by atoms with Crippen molar-refractivity contribution in [2.45, 2.75) is 0 Å². The standard InChI is InChI=1S/2BO3.Ca.Si/c2*2-1(3)4;;/q2*-3;+2;+4. The largest absolute Gasteiger partial charge is 4.00 e. The van der Waals surface area contributed by atoms with Gasteiger partial charge < -0.3 is 30.1 Å². The molecule has 10 heavy (non-hydrogen) atoms. The van der Waals surface area contributed by atoms with E-state index >= 15 is 0 Å². The van der Waals surface area contributed by atoms with Crippen molar-refractivity contribution in [3.05, 3.63) is 0 Å².